The minimum absolute atomic E-state index is 0.360. The molecule has 1 heterocycles. The minimum atomic E-state index is -0.550. The van der Waals surface area contributed by atoms with Gasteiger partial charge < -0.3 is 11.1 Å². The van der Waals surface area contributed by atoms with Crippen molar-refractivity contribution in [2.24, 2.45) is 5.73 Å². The van der Waals surface area contributed by atoms with Crippen LogP contribution in [-0.2, 0) is 6.54 Å². The summed E-state index contributed by atoms with van der Waals surface area (Å²) in [6.07, 6.45) is 0. The average molecular weight is 191 g/mol. The van der Waals surface area contributed by atoms with Crippen LogP contribution in [0.2, 0.25) is 0 Å². The quantitative estimate of drug-likeness (QED) is 0.629. The van der Waals surface area contributed by atoms with Crippen molar-refractivity contribution >= 4 is 17.1 Å². The number of carbonyl (C=O) groups is 1. The second kappa shape index (κ2) is 3.33. The monoisotopic (exact) mass is 191 g/mol. The number of carbonyl (C=O) groups excluding carboxylic acids is 1. The Morgan fingerprint density at radius 3 is 3.14 bits per heavy atom. The fraction of sp³-hybridized carbons (Fsp3) is 0.125. The van der Waals surface area contributed by atoms with Crippen molar-refractivity contribution in [3.8, 4) is 0 Å². The van der Waals surface area contributed by atoms with E-state index >= 15 is 0 Å². The summed E-state index contributed by atoms with van der Waals surface area (Å²) >= 11 is 0. The zero-order valence-electron chi connectivity index (χ0n) is 7.32. The lowest BCUT2D eigenvalue weighted by molar-refractivity contribution is 0.248. The Kier molecular flexibility index (Phi) is 2.02. The zero-order chi connectivity index (χ0) is 9.97. The molecule has 0 aliphatic rings. The highest BCUT2D eigenvalue weighted by atomic mass is 16.2. The minimum Gasteiger partial charge on any atom is -0.352 e. The van der Waals surface area contributed by atoms with Crippen LogP contribution in [0.5, 0.6) is 0 Å². The van der Waals surface area contributed by atoms with Crippen LogP contribution in [0, 0.1) is 0 Å². The molecule has 1 aromatic heterocycles. The van der Waals surface area contributed by atoms with E-state index in [2.05, 4.69) is 20.7 Å². The molecule has 0 aliphatic heterocycles. The molecule has 4 N–H and O–H groups in total. The largest absolute Gasteiger partial charge is 0.352 e. The Balaban J connectivity index is 2.32. The average Bonchev–Trinajstić information content (AvgIpc) is 2.62. The van der Waals surface area contributed by atoms with E-state index in [1.807, 2.05) is 18.2 Å². The number of aromatic nitrogens is 3. The maximum atomic E-state index is 10.5. The van der Waals surface area contributed by atoms with Gasteiger partial charge in [0.25, 0.3) is 0 Å². The molecule has 72 valence electrons. The second-order valence-electron chi connectivity index (χ2n) is 2.83. The van der Waals surface area contributed by atoms with Gasteiger partial charge in [-0.1, -0.05) is 12.1 Å². The highest BCUT2D eigenvalue weighted by molar-refractivity contribution is 5.78. The molecule has 14 heavy (non-hydrogen) atoms. The van der Waals surface area contributed by atoms with Gasteiger partial charge in [0.2, 0.25) is 0 Å². The number of hydrogen-bond donors (Lipinski definition) is 3. The third kappa shape index (κ3) is 1.49. The maximum absolute atomic E-state index is 10.5. The first-order chi connectivity index (χ1) is 6.77. The van der Waals surface area contributed by atoms with Crippen LogP contribution in [0.25, 0.3) is 11.0 Å². The first kappa shape index (κ1) is 8.49. The highest BCUT2D eigenvalue weighted by Gasteiger charge is 2.04. The van der Waals surface area contributed by atoms with Gasteiger partial charge in [0.05, 0.1) is 0 Å². The molecule has 0 unspecified atom stereocenters. The van der Waals surface area contributed by atoms with Gasteiger partial charge in [-0.2, -0.15) is 15.4 Å². The van der Waals surface area contributed by atoms with Crippen molar-refractivity contribution in [1.29, 1.82) is 0 Å². The second-order valence-corrected chi connectivity index (χ2v) is 2.83. The number of hydrogen-bond acceptors (Lipinski definition) is 3. The van der Waals surface area contributed by atoms with E-state index in [0.717, 1.165) is 16.6 Å². The van der Waals surface area contributed by atoms with Gasteiger partial charge in [-0.3, -0.25) is 0 Å². The summed E-state index contributed by atoms with van der Waals surface area (Å²) in [5.74, 6) is 0. The van der Waals surface area contributed by atoms with Crippen molar-refractivity contribution in [2.75, 3.05) is 0 Å². The van der Waals surface area contributed by atoms with Crippen molar-refractivity contribution in [2.45, 2.75) is 6.54 Å². The Hall–Kier alpha value is -2.11. The molecule has 0 radical (unpaired) electrons. The summed E-state index contributed by atoms with van der Waals surface area (Å²) in [5, 5.41) is 12.9. The van der Waals surface area contributed by atoms with E-state index in [1.54, 1.807) is 0 Å². The summed E-state index contributed by atoms with van der Waals surface area (Å²) in [4.78, 5) is 10.5. The van der Waals surface area contributed by atoms with E-state index in [1.165, 1.54) is 0 Å². The number of nitrogens with one attached hydrogen (secondary N) is 2. The van der Waals surface area contributed by atoms with E-state index in [-0.39, 0.29) is 0 Å². The van der Waals surface area contributed by atoms with Gasteiger partial charge in [-0.15, -0.1) is 0 Å². The maximum Gasteiger partial charge on any atom is 0.312 e. The zero-order valence-corrected chi connectivity index (χ0v) is 7.32. The lowest BCUT2D eigenvalue weighted by atomic mass is 10.2. The molecule has 6 heteroatoms. The summed E-state index contributed by atoms with van der Waals surface area (Å²) in [6.45, 7) is 0.360. The molecule has 0 bridgehead atoms. The van der Waals surface area contributed by atoms with Crippen LogP contribution >= 0.6 is 0 Å². The molecule has 2 rings (SSSR count). The Morgan fingerprint density at radius 1 is 1.50 bits per heavy atom. The predicted octanol–water partition coefficient (Wildman–Crippen LogP) is 0.126. The van der Waals surface area contributed by atoms with Gasteiger partial charge >= 0.3 is 6.03 Å². The number of nitrogens with two attached hydrogens (primary N) is 1. The lowest BCUT2D eigenvalue weighted by Gasteiger charge is -2.01. The van der Waals surface area contributed by atoms with E-state index in [0.29, 0.717) is 6.54 Å². The van der Waals surface area contributed by atoms with Gasteiger partial charge in [0.1, 0.15) is 11.0 Å². The van der Waals surface area contributed by atoms with Gasteiger partial charge in [-0.05, 0) is 6.07 Å². The number of benzene rings is 1. The Labute approximate surface area is 79.5 Å². The number of amides is 2. The summed E-state index contributed by atoms with van der Waals surface area (Å²) in [6, 6.07) is 5.00. The molecule has 6 nitrogen and oxygen atoms in total. The standard InChI is InChI=1S/C8H9N5O/c9-8(14)10-4-5-2-1-3-6-7(5)12-13-11-6/h1-3H,4H2,(H3,9,10,14)(H,11,12,13). The van der Waals surface area contributed by atoms with Crippen LogP contribution in [0.1, 0.15) is 5.56 Å². The topological polar surface area (TPSA) is 96.7 Å². The molecule has 0 fully saturated rings. The first-order valence-electron chi connectivity index (χ1n) is 4.09. The van der Waals surface area contributed by atoms with Crippen LogP contribution in [0.15, 0.2) is 18.2 Å². The summed E-state index contributed by atoms with van der Waals surface area (Å²) in [7, 11) is 0. The lowest BCUT2D eigenvalue weighted by Crippen LogP contribution is -2.28. The van der Waals surface area contributed by atoms with Gasteiger partial charge in [-0.25, -0.2) is 4.79 Å². The number of fused-ring (bicyclic) bond motifs is 1. The summed E-state index contributed by atoms with van der Waals surface area (Å²) in [5.41, 5.74) is 7.37. The first-order valence-corrected chi connectivity index (χ1v) is 4.09. The molecule has 0 saturated heterocycles. The number of nitrogens with zero attached hydrogens (tertiary/aromatic N) is 2. The van der Waals surface area contributed by atoms with Crippen molar-refractivity contribution in [3.05, 3.63) is 23.8 Å². The number of para-hydroxylation sites is 1. The SMILES string of the molecule is NC(=O)NCc1cccc2n[nH]nc12. The number of primary amides is 1. The molecule has 0 saturated carbocycles. The van der Waals surface area contributed by atoms with Crippen LogP contribution in [0.4, 0.5) is 4.79 Å². The molecule has 0 aliphatic carbocycles. The molecular formula is C8H9N5O. The third-order valence-electron chi connectivity index (χ3n) is 1.88. The molecule has 1 aromatic carbocycles. The number of urea groups is 1. The van der Waals surface area contributed by atoms with Crippen molar-refractivity contribution in [3.63, 3.8) is 0 Å². The van der Waals surface area contributed by atoms with Crippen LogP contribution < -0.4 is 11.1 Å². The molecule has 0 spiro atoms. The Bertz CT molecular complexity index is 463. The number of H-pyrrole nitrogens is 1. The molecule has 2 aromatic rings. The normalized spacial score (nSPS) is 10.3. The predicted molar refractivity (Wildman–Crippen MR) is 50.3 cm³/mol. The smallest absolute Gasteiger partial charge is 0.312 e. The van der Waals surface area contributed by atoms with Gasteiger partial charge in [0.15, 0.2) is 0 Å². The van der Waals surface area contributed by atoms with E-state index in [4.69, 9.17) is 5.73 Å². The van der Waals surface area contributed by atoms with Crippen LogP contribution in [-0.4, -0.2) is 21.4 Å². The van der Waals surface area contributed by atoms with Crippen LogP contribution in [0.3, 0.4) is 0 Å². The van der Waals surface area contributed by atoms with E-state index < -0.39 is 6.03 Å². The van der Waals surface area contributed by atoms with E-state index in [9.17, 15) is 4.79 Å². The molecule has 0 atom stereocenters. The Morgan fingerprint density at radius 2 is 2.36 bits per heavy atom. The summed E-state index contributed by atoms with van der Waals surface area (Å²) < 4.78 is 0. The number of aromatic amines is 1. The fourth-order valence-electron chi connectivity index (χ4n) is 1.25. The molecular weight excluding hydrogens is 182 g/mol. The number of rotatable bonds is 2. The van der Waals surface area contributed by atoms with Crippen molar-refractivity contribution in [1.82, 2.24) is 20.7 Å². The van der Waals surface area contributed by atoms with Crippen molar-refractivity contribution < 1.29 is 4.79 Å². The fourth-order valence-corrected chi connectivity index (χ4v) is 1.25. The van der Waals surface area contributed by atoms with Gasteiger partial charge in [0, 0.05) is 12.1 Å². The highest BCUT2D eigenvalue weighted by Crippen LogP contribution is 2.12. The molecule has 2 amide bonds. The third-order valence-corrected chi connectivity index (χ3v) is 1.88.